The summed E-state index contributed by atoms with van der Waals surface area (Å²) < 4.78 is 0. The molecule has 0 bridgehead atoms. The molecule has 110 valence electrons. The second kappa shape index (κ2) is 6.44. The molecule has 2 N–H and O–H groups in total. The van der Waals surface area contributed by atoms with E-state index in [4.69, 9.17) is 0 Å². The van der Waals surface area contributed by atoms with Crippen molar-refractivity contribution >= 4 is 11.6 Å². The lowest BCUT2D eigenvalue weighted by Crippen LogP contribution is -2.18. The van der Waals surface area contributed by atoms with E-state index < -0.39 is 0 Å². The minimum Gasteiger partial charge on any atom is -0.379 e. The number of hydrogen-bond acceptors (Lipinski definition) is 2. The maximum Gasteiger partial charge on any atom is 0.251 e. The van der Waals surface area contributed by atoms with Crippen molar-refractivity contribution in [1.29, 1.82) is 0 Å². The minimum atomic E-state index is -0.0716. The van der Waals surface area contributed by atoms with Gasteiger partial charge in [0.1, 0.15) is 0 Å². The number of anilines is 1. The number of carbonyl (C=O) groups excluding carboxylic acids is 1. The summed E-state index contributed by atoms with van der Waals surface area (Å²) in [4.78, 5) is 11.7. The molecule has 0 heterocycles. The fourth-order valence-corrected chi connectivity index (χ4v) is 2.49. The van der Waals surface area contributed by atoms with Crippen LogP contribution in [0.4, 0.5) is 5.69 Å². The van der Waals surface area contributed by atoms with Crippen molar-refractivity contribution < 1.29 is 4.79 Å². The van der Waals surface area contributed by atoms with Crippen molar-refractivity contribution in [3.05, 3.63) is 64.7 Å². The van der Waals surface area contributed by atoms with Gasteiger partial charge in [0.25, 0.3) is 5.91 Å². The summed E-state index contributed by atoms with van der Waals surface area (Å²) in [6, 6.07) is 14.3. The van der Waals surface area contributed by atoms with Gasteiger partial charge in [-0.25, -0.2) is 0 Å². The van der Waals surface area contributed by atoms with Gasteiger partial charge in [-0.2, -0.15) is 0 Å². The lowest BCUT2D eigenvalue weighted by Gasteiger charge is -2.17. The molecule has 0 aliphatic heterocycles. The summed E-state index contributed by atoms with van der Waals surface area (Å²) in [5.74, 6) is -0.0716. The molecule has 0 radical (unpaired) electrons. The Labute approximate surface area is 126 Å². The van der Waals surface area contributed by atoms with E-state index in [0.717, 1.165) is 5.69 Å². The van der Waals surface area contributed by atoms with E-state index in [1.54, 1.807) is 7.05 Å². The van der Waals surface area contributed by atoms with Gasteiger partial charge in [-0.1, -0.05) is 35.4 Å². The zero-order valence-electron chi connectivity index (χ0n) is 13.0. The van der Waals surface area contributed by atoms with Crippen LogP contribution in [0.1, 0.15) is 40.0 Å². The van der Waals surface area contributed by atoms with E-state index in [9.17, 15) is 4.79 Å². The predicted octanol–water partition coefficient (Wildman–Crippen LogP) is 3.84. The lowest BCUT2D eigenvalue weighted by molar-refractivity contribution is 0.0963. The molecule has 2 rings (SSSR count). The van der Waals surface area contributed by atoms with Gasteiger partial charge in [0.2, 0.25) is 0 Å². The Morgan fingerprint density at radius 1 is 1.05 bits per heavy atom. The van der Waals surface area contributed by atoms with E-state index in [0.29, 0.717) is 5.56 Å². The summed E-state index contributed by atoms with van der Waals surface area (Å²) in [7, 11) is 1.64. The molecule has 1 amide bonds. The van der Waals surface area contributed by atoms with Crippen LogP contribution < -0.4 is 10.6 Å². The molecule has 3 heteroatoms. The van der Waals surface area contributed by atoms with Crippen LogP contribution in [0.3, 0.4) is 0 Å². The number of nitrogens with one attached hydrogen (secondary N) is 2. The van der Waals surface area contributed by atoms with Crippen molar-refractivity contribution in [1.82, 2.24) is 5.32 Å². The number of carbonyl (C=O) groups is 1. The van der Waals surface area contributed by atoms with Crippen molar-refractivity contribution in [2.75, 3.05) is 12.4 Å². The zero-order valence-corrected chi connectivity index (χ0v) is 13.0. The molecule has 21 heavy (non-hydrogen) atoms. The van der Waals surface area contributed by atoms with E-state index in [2.05, 4.69) is 49.6 Å². The van der Waals surface area contributed by atoms with Gasteiger partial charge in [0.05, 0.1) is 0 Å². The molecule has 0 saturated carbocycles. The average Bonchev–Trinajstić information content (AvgIpc) is 2.45. The lowest BCUT2D eigenvalue weighted by atomic mass is 10.0. The van der Waals surface area contributed by atoms with Crippen molar-refractivity contribution in [2.24, 2.45) is 0 Å². The van der Waals surface area contributed by atoms with E-state index in [1.807, 2.05) is 24.3 Å². The van der Waals surface area contributed by atoms with Crippen LogP contribution in [-0.4, -0.2) is 13.0 Å². The fourth-order valence-electron chi connectivity index (χ4n) is 2.49. The Bertz CT molecular complexity index is 629. The van der Waals surface area contributed by atoms with Gasteiger partial charge in [-0.15, -0.1) is 0 Å². The van der Waals surface area contributed by atoms with Gasteiger partial charge in [-0.05, 0) is 44.5 Å². The van der Waals surface area contributed by atoms with Crippen molar-refractivity contribution in [3.8, 4) is 0 Å². The summed E-state index contributed by atoms with van der Waals surface area (Å²) >= 11 is 0. The largest absolute Gasteiger partial charge is 0.379 e. The molecule has 0 saturated heterocycles. The van der Waals surface area contributed by atoms with Gasteiger partial charge >= 0.3 is 0 Å². The number of rotatable bonds is 4. The van der Waals surface area contributed by atoms with Crippen LogP contribution in [0.15, 0.2) is 42.5 Å². The third kappa shape index (κ3) is 3.85. The van der Waals surface area contributed by atoms with Crippen LogP contribution >= 0.6 is 0 Å². The second-order valence-corrected chi connectivity index (χ2v) is 5.45. The third-order valence-corrected chi connectivity index (χ3v) is 3.48. The Morgan fingerprint density at radius 2 is 1.71 bits per heavy atom. The molecule has 0 aliphatic rings. The van der Waals surface area contributed by atoms with Crippen LogP contribution in [0.25, 0.3) is 0 Å². The normalized spacial score (nSPS) is 11.8. The fraction of sp³-hybridized carbons (Fsp3) is 0.278. The first-order chi connectivity index (χ1) is 9.99. The first kappa shape index (κ1) is 15.1. The van der Waals surface area contributed by atoms with Crippen molar-refractivity contribution in [3.63, 3.8) is 0 Å². The molecule has 1 atom stereocenters. The highest BCUT2D eigenvalue weighted by molar-refractivity contribution is 5.94. The quantitative estimate of drug-likeness (QED) is 0.894. The Balaban J connectivity index is 2.19. The monoisotopic (exact) mass is 282 g/mol. The van der Waals surface area contributed by atoms with Gasteiger partial charge in [0.15, 0.2) is 0 Å². The van der Waals surface area contributed by atoms with Gasteiger partial charge in [0, 0.05) is 24.3 Å². The molecule has 0 aliphatic carbocycles. The first-order valence-corrected chi connectivity index (χ1v) is 7.16. The van der Waals surface area contributed by atoms with Crippen molar-refractivity contribution in [2.45, 2.75) is 26.8 Å². The van der Waals surface area contributed by atoms with Crippen LogP contribution in [0.2, 0.25) is 0 Å². The molecule has 2 aromatic carbocycles. The molecule has 3 nitrogen and oxygen atoms in total. The molecule has 1 unspecified atom stereocenters. The third-order valence-electron chi connectivity index (χ3n) is 3.48. The first-order valence-electron chi connectivity index (χ1n) is 7.16. The topological polar surface area (TPSA) is 41.1 Å². The number of amides is 1. The highest BCUT2D eigenvalue weighted by Crippen LogP contribution is 2.22. The summed E-state index contributed by atoms with van der Waals surface area (Å²) in [6.07, 6.45) is 0. The average molecular weight is 282 g/mol. The maximum absolute atomic E-state index is 11.7. The molecule has 0 fully saturated rings. The Morgan fingerprint density at radius 3 is 2.33 bits per heavy atom. The highest BCUT2D eigenvalue weighted by Gasteiger charge is 2.08. The summed E-state index contributed by atoms with van der Waals surface area (Å²) in [5.41, 5.74) is 5.38. The number of aryl methyl sites for hydroxylation is 2. The van der Waals surface area contributed by atoms with Crippen LogP contribution in [0.5, 0.6) is 0 Å². The number of hydrogen-bond donors (Lipinski definition) is 2. The minimum absolute atomic E-state index is 0.0716. The molecule has 0 spiro atoms. The van der Waals surface area contributed by atoms with Crippen LogP contribution in [0, 0.1) is 13.8 Å². The highest BCUT2D eigenvalue weighted by atomic mass is 16.1. The summed E-state index contributed by atoms with van der Waals surface area (Å²) in [5, 5.41) is 6.09. The Kier molecular flexibility index (Phi) is 4.63. The maximum atomic E-state index is 11.7. The smallest absolute Gasteiger partial charge is 0.251 e. The molecule has 2 aromatic rings. The van der Waals surface area contributed by atoms with Gasteiger partial charge < -0.3 is 10.6 Å². The van der Waals surface area contributed by atoms with E-state index >= 15 is 0 Å². The Hall–Kier alpha value is -2.29. The van der Waals surface area contributed by atoms with Crippen LogP contribution in [-0.2, 0) is 0 Å². The predicted molar refractivity (Wildman–Crippen MR) is 87.8 cm³/mol. The molecule has 0 aromatic heterocycles. The zero-order chi connectivity index (χ0) is 15.4. The van der Waals surface area contributed by atoms with E-state index in [1.165, 1.54) is 16.7 Å². The standard InChI is InChI=1S/C18H22N2O/c1-12-8-13(2)10-16(9-12)14(3)20-17-7-5-6-15(11-17)18(21)19-4/h5-11,14,20H,1-4H3,(H,19,21). The molecular formula is C18H22N2O. The molecular weight excluding hydrogens is 260 g/mol. The van der Waals surface area contributed by atoms with Gasteiger partial charge in [-0.3, -0.25) is 4.79 Å². The SMILES string of the molecule is CNC(=O)c1cccc(NC(C)c2cc(C)cc(C)c2)c1. The summed E-state index contributed by atoms with van der Waals surface area (Å²) in [6.45, 7) is 6.34. The number of benzene rings is 2. The second-order valence-electron chi connectivity index (χ2n) is 5.45. The van der Waals surface area contributed by atoms with E-state index in [-0.39, 0.29) is 11.9 Å².